The quantitative estimate of drug-likeness (QED) is 0.749. The van der Waals surface area contributed by atoms with E-state index in [9.17, 15) is 4.79 Å². The fourth-order valence-electron chi connectivity index (χ4n) is 1.97. The Kier molecular flexibility index (Phi) is 3.43. The molecule has 2 nitrogen and oxygen atoms in total. The second-order valence-electron chi connectivity index (χ2n) is 4.20. The summed E-state index contributed by atoms with van der Waals surface area (Å²) in [5.41, 5.74) is 2.95. The van der Waals surface area contributed by atoms with Gasteiger partial charge in [0.25, 0.3) is 0 Å². The Hall–Kier alpha value is -1.83. The molecule has 0 aliphatic heterocycles. The predicted octanol–water partition coefficient (Wildman–Crippen LogP) is 3.58. The van der Waals surface area contributed by atoms with Gasteiger partial charge in [-0.05, 0) is 18.6 Å². The molecule has 0 fully saturated rings. The Morgan fingerprint density at radius 3 is 2.82 bits per heavy atom. The fourth-order valence-corrected chi connectivity index (χ4v) is 1.97. The van der Waals surface area contributed by atoms with Crippen molar-refractivity contribution in [3.05, 3.63) is 59.0 Å². The third-order valence-electron chi connectivity index (χ3n) is 2.81. The maximum Gasteiger partial charge on any atom is 0.170 e. The first-order valence-electron chi connectivity index (χ1n) is 5.86. The van der Waals surface area contributed by atoms with Crippen molar-refractivity contribution in [3.8, 4) is 0 Å². The van der Waals surface area contributed by atoms with Crippen LogP contribution in [0.5, 0.6) is 0 Å². The average Bonchev–Trinajstić information content (AvgIpc) is 2.77. The van der Waals surface area contributed by atoms with Crippen LogP contribution in [0.3, 0.4) is 0 Å². The SMILES string of the molecule is CCc1occc1C(=O)Cc1cccc(C)c1. The molecule has 2 heteroatoms. The molecule has 0 aliphatic rings. The Morgan fingerprint density at radius 2 is 2.12 bits per heavy atom. The zero-order valence-corrected chi connectivity index (χ0v) is 10.2. The van der Waals surface area contributed by atoms with Crippen molar-refractivity contribution in [1.29, 1.82) is 0 Å². The van der Waals surface area contributed by atoms with E-state index in [0.29, 0.717) is 12.0 Å². The molecule has 0 bridgehead atoms. The van der Waals surface area contributed by atoms with Gasteiger partial charge in [-0.15, -0.1) is 0 Å². The maximum absolute atomic E-state index is 12.1. The molecular weight excluding hydrogens is 212 g/mol. The maximum atomic E-state index is 12.1. The summed E-state index contributed by atoms with van der Waals surface area (Å²) >= 11 is 0. The van der Waals surface area contributed by atoms with Crippen LogP contribution in [0.25, 0.3) is 0 Å². The van der Waals surface area contributed by atoms with E-state index < -0.39 is 0 Å². The lowest BCUT2D eigenvalue weighted by molar-refractivity contribution is 0.0991. The van der Waals surface area contributed by atoms with E-state index in [4.69, 9.17) is 4.42 Å². The van der Waals surface area contributed by atoms with Gasteiger partial charge in [0.1, 0.15) is 5.76 Å². The van der Waals surface area contributed by atoms with Gasteiger partial charge in [-0.25, -0.2) is 0 Å². The molecule has 0 unspecified atom stereocenters. The van der Waals surface area contributed by atoms with Gasteiger partial charge in [-0.1, -0.05) is 36.8 Å². The van der Waals surface area contributed by atoms with Gasteiger partial charge in [0, 0.05) is 12.8 Å². The first-order chi connectivity index (χ1) is 8.20. The number of carbonyl (C=O) groups excluding carboxylic acids is 1. The van der Waals surface area contributed by atoms with Crippen LogP contribution in [0.1, 0.15) is 34.2 Å². The molecule has 0 spiro atoms. The number of hydrogen-bond acceptors (Lipinski definition) is 2. The highest BCUT2D eigenvalue weighted by Gasteiger charge is 2.13. The summed E-state index contributed by atoms with van der Waals surface area (Å²) < 4.78 is 5.28. The Bertz CT molecular complexity index is 523. The number of benzene rings is 1. The standard InChI is InChI=1S/C15H16O2/c1-3-15-13(7-8-17-15)14(16)10-12-6-4-5-11(2)9-12/h4-9H,3,10H2,1-2H3. The first-order valence-corrected chi connectivity index (χ1v) is 5.86. The fraction of sp³-hybridized carbons (Fsp3) is 0.267. The van der Waals surface area contributed by atoms with Gasteiger partial charge in [-0.2, -0.15) is 0 Å². The van der Waals surface area contributed by atoms with Crippen molar-refractivity contribution < 1.29 is 9.21 Å². The van der Waals surface area contributed by atoms with Crippen molar-refractivity contribution in [2.75, 3.05) is 0 Å². The minimum atomic E-state index is 0.126. The lowest BCUT2D eigenvalue weighted by Crippen LogP contribution is -2.04. The third-order valence-corrected chi connectivity index (χ3v) is 2.81. The summed E-state index contributed by atoms with van der Waals surface area (Å²) in [4.78, 5) is 12.1. The Morgan fingerprint density at radius 1 is 1.29 bits per heavy atom. The number of rotatable bonds is 4. The van der Waals surface area contributed by atoms with Crippen molar-refractivity contribution in [2.24, 2.45) is 0 Å². The van der Waals surface area contributed by atoms with Gasteiger partial charge < -0.3 is 4.42 Å². The first kappa shape index (κ1) is 11.6. The second kappa shape index (κ2) is 5.00. The molecule has 0 radical (unpaired) electrons. The number of aryl methyl sites for hydroxylation is 2. The molecule has 1 aromatic heterocycles. The average molecular weight is 228 g/mol. The van der Waals surface area contributed by atoms with Crippen LogP contribution >= 0.6 is 0 Å². The van der Waals surface area contributed by atoms with Crippen LogP contribution in [0, 0.1) is 6.92 Å². The van der Waals surface area contributed by atoms with Gasteiger partial charge in [0.05, 0.1) is 11.8 Å². The molecule has 17 heavy (non-hydrogen) atoms. The third kappa shape index (κ3) is 2.64. The molecule has 2 aromatic rings. The number of carbonyl (C=O) groups is 1. The van der Waals surface area contributed by atoms with Crippen LogP contribution in [0.2, 0.25) is 0 Å². The summed E-state index contributed by atoms with van der Waals surface area (Å²) in [6.45, 7) is 4.02. The van der Waals surface area contributed by atoms with E-state index in [1.807, 2.05) is 38.1 Å². The molecule has 0 atom stereocenters. The molecule has 0 saturated carbocycles. The highest BCUT2D eigenvalue weighted by molar-refractivity contribution is 5.98. The summed E-state index contributed by atoms with van der Waals surface area (Å²) in [7, 11) is 0. The van der Waals surface area contributed by atoms with Crippen LogP contribution in [-0.2, 0) is 12.8 Å². The van der Waals surface area contributed by atoms with Gasteiger partial charge in [0.2, 0.25) is 0 Å². The van der Waals surface area contributed by atoms with Crippen molar-refractivity contribution in [2.45, 2.75) is 26.7 Å². The van der Waals surface area contributed by atoms with E-state index >= 15 is 0 Å². The number of Topliss-reactive ketones (excluding diaryl/α,β-unsaturated/α-hetero) is 1. The molecule has 0 N–H and O–H groups in total. The van der Waals surface area contributed by atoms with E-state index in [1.165, 1.54) is 5.56 Å². The molecule has 0 amide bonds. The second-order valence-corrected chi connectivity index (χ2v) is 4.20. The lowest BCUT2D eigenvalue weighted by atomic mass is 10.0. The van der Waals surface area contributed by atoms with Gasteiger partial charge in [0.15, 0.2) is 5.78 Å². The molecule has 1 aromatic carbocycles. The Balaban J connectivity index is 2.17. The summed E-state index contributed by atoms with van der Waals surface area (Å²) in [5, 5.41) is 0. The van der Waals surface area contributed by atoms with Crippen molar-refractivity contribution >= 4 is 5.78 Å². The summed E-state index contributed by atoms with van der Waals surface area (Å²) in [6.07, 6.45) is 2.78. The minimum Gasteiger partial charge on any atom is -0.469 e. The smallest absolute Gasteiger partial charge is 0.170 e. The van der Waals surface area contributed by atoms with Crippen LogP contribution in [-0.4, -0.2) is 5.78 Å². The predicted molar refractivity (Wildman–Crippen MR) is 67.3 cm³/mol. The zero-order chi connectivity index (χ0) is 12.3. The summed E-state index contributed by atoms with van der Waals surface area (Å²) in [6, 6.07) is 9.80. The molecule has 0 saturated heterocycles. The van der Waals surface area contributed by atoms with E-state index in [0.717, 1.165) is 17.7 Å². The van der Waals surface area contributed by atoms with Crippen molar-refractivity contribution in [1.82, 2.24) is 0 Å². The van der Waals surface area contributed by atoms with E-state index in [1.54, 1.807) is 12.3 Å². The largest absolute Gasteiger partial charge is 0.469 e. The van der Waals surface area contributed by atoms with Crippen molar-refractivity contribution in [3.63, 3.8) is 0 Å². The van der Waals surface area contributed by atoms with Crippen LogP contribution in [0.15, 0.2) is 41.0 Å². The van der Waals surface area contributed by atoms with Crippen LogP contribution in [0.4, 0.5) is 0 Å². The lowest BCUT2D eigenvalue weighted by Gasteiger charge is -2.02. The van der Waals surface area contributed by atoms with Gasteiger partial charge in [-0.3, -0.25) is 4.79 Å². The van der Waals surface area contributed by atoms with Crippen LogP contribution < -0.4 is 0 Å². The van der Waals surface area contributed by atoms with E-state index in [-0.39, 0.29) is 5.78 Å². The monoisotopic (exact) mass is 228 g/mol. The highest BCUT2D eigenvalue weighted by Crippen LogP contribution is 2.15. The highest BCUT2D eigenvalue weighted by atomic mass is 16.3. The Labute approximate surface area is 101 Å². The minimum absolute atomic E-state index is 0.126. The molecule has 2 rings (SSSR count). The van der Waals surface area contributed by atoms with Gasteiger partial charge >= 0.3 is 0 Å². The normalized spacial score (nSPS) is 10.5. The molecule has 88 valence electrons. The summed E-state index contributed by atoms with van der Waals surface area (Å²) in [5.74, 6) is 0.906. The molecule has 0 aliphatic carbocycles. The number of ketones is 1. The van der Waals surface area contributed by atoms with E-state index in [2.05, 4.69) is 0 Å². The number of furan rings is 1. The number of hydrogen-bond donors (Lipinski definition) is 0. The topological polar surface area (TPSA) is 30.2 Å². The molecule has 1 heterocycles. The molecular formula is C15H16O2. The zero-order valence-electron chi connectivity index (χ0n) is 10.2.